The van der Waals surface area contributed by atoms with Gasteiger partial charge in [-0.05, 0) is 24.3 Å². The zero-order valence-electron chi connectivity index (χ0n) is 11.5. The molecule has 1 aliphatic carbocycles. The van der Waals surface area contributed by atoms with Crippen LogP contribution in [0.4, 0.5) is 5.82 Å². The first-order valence-corrected chi connectivity index (χ1v) is 7.84. The molecule has 130 valence electrons. The molecule has 0 bridgehead atoms. The Morgan fingerprint density at radius 1 is 1.17 bits per heavy atom. The summed E-state index contributed by atoms with van der Waals surface area (Å²) in [5, 5.41) is 0.499. The van der Waals surface area contributed by atoms with Crippen molar-refractivity contribution >= 4 is 45.2 Å². The first-order valence-electron chi connectivity index (χ1n) is 5.75. The first-order chi connectivity index (χ1) is 10.7. The van der Waals surface area contributed by atoms with Gasteiger partial charge in [-0.25, -0.2) is 4.98 Å². The Balaban J connectivity index is 0.000000777. The quantitative estimate of drug-likeness (QED) is 0.240. The number of pyridine rings is 1. The molecule has 1 aliphatic rings. The Hall–Kier alpha value is -1.39. The molecule has 24 heavy (non-hydrogen) atoms. The Morgan fingerprint density at radius 3 is 2.33 bits per heavy atom. The number of carbonyl (C=O) groups excluding carboxylic acids is 1. The number of carbonyl (C=O) groups is 1. The number of allylic oxidation sites excluding steroid dienone is 5. The van der Waals surface area contributed by atoms with Crippen molar-refractivity contribution in [3.8, 4) is 0 Å². The molecule has 0 amide bonds. The third-order valence-electron chi connectivity index (χ3n) is 2.13. The van der Waals surface area contributed by atoms with Crippen LogP contribution in [0.1, 0.15) is 0 Å². The predicted octanol–water partition coefficient (Wildman–Crippen LogP) is 1.37. The van der Waals surface area contributed by atoms with Crippen molar-refractivity contribution in [2.45, 2.75) is 0 Å². The molecule has 0 saturated heterocycles. The average molecular weight is 434 g/mol. The maximum Gasteiger partial charge on any atom is 2.00 e. The van der Waals surface area contributed by atoms with E-state index < -0.39 is 10.4 Å². The minimum atomic E-state index is -5.17. The van der Waals surface area contributed by atoms with Crippen LogP contribution in [0.25, 0.3) is 0 Å². The first kappa shape index (κ1) is 22.6. The van der Waals surface area contributed by atoms with E-state index in [2.05, 4.69) is 15.8 Å². The fourth-order valence-electron chi connectivity index (χ4n) is 1.31. The second kappa shape index (κ2) is 10.5. The monoisotopic (exact) mass is 433 g/mol. The summed E-state index contributed by atoms with van der Waals surface area (Å²) >= 11 is 11.6. The number of nitrogens with zero attached hydrogens (tertiary/aromatic N) is 1. The second-order valence-corrected chi connectivity index (χ2v) is 5.50. The van der Waals surface area contributed by atoms with Crippen LogP contribution < -0.4 is 10.9 Å². The maximum absolute atomic E-state index is 11.7. The van der Waals surface area contributed by atoms with E-state index in [0.717, 1.165) is 0 Å². The van der Waals surface area contributed by atoms with Gasteiger partial charge in [0.15, 0.2) is 0 Å². The van der Waals surface area contributed by atoms with Gasteiger partial charge in [-0.3, -0.25) is 18.6 Å². The molecule has 12 heteroatoms. The summed E-state index contributed by atoms with van der Waals surface area (Å²) in [4.78, 5) is 15.7. The van der Waals surface area contributed by atoms with Gasteiger partial charge >= 0.3 is 17.1 Å². The van der Waals surface area contributed by atoms with Crippen molar-refractivity contribution in [1.82, 2.24) is 10.4 Å². The van der Waals surface area contributed by atoms with Crippen LogP contribution in [0.2, 0.25) is 0 Å². The largest absolute Gasteiger partial charge is 2.00 e. The van der Waals surface area contributed by atoms with Gasteiger partial charge in [-0.2, -0.15) is 0 Å². The average Bonchev–Trinajstić information content (AvgIpc) is 2.43. The molecule has 2 N–H and O–H groups in total. The molecule has 1 aromatic rings. The SMILES string of the molecule is O=C1C(Cl)=CC(Cl)=C/C1=C/NNc1ccccn1.O=S(=O)([O-])[O-].[Fe+2]. The van der Waals surface area contributed by atoms with Crippen molar-refractivity contribution < 1.29 is 39.4 Å². The van der Waals surface area contributed by atoms with E-state index in [4.69, 9.17) is 40.7 Å². The van der Waals surface area contributed by atoms with Gasteiger partial charge in [0.25, 0.3) is 0 Å². The number of aromatic nitrogens is 1. The van der Waals surface area contributed by atoms with E-state index in [1.165, 1.54) is 18.4 Å². The Morgan fingerprint density at radius 2 is 1.79 bits per heavy atom. The van der Waals surface area contributed by atoms with Crippen molar-refractivity contribution in [3.63, 3.8) is 0 Å². The number of nitrogens with one attached hydrogen (secondary N) is 2. The number of hydrogen-bond donors (Lipinski definition) is 2. The molecule has 0 aliphatic heterocycles. The molecular formula is C12H9Cl2FeN3O5S. The number of rotatable bonds is 3. The molecule has 0 aromatic carbocycles. The van der Waals surface area contributed by atoms with Crippen LogP contribution in [0.3, 0.4) is 0 Å². The number of Topliss-reactive ketones (excluding diaryl/α,β-unsaturated/α-hetero) is 1. The summed E-state index contributed by atoms with van der Waals surface area (Å²) < 4.78 is 34.1. The zero-order valence-corrected chi connectivity index (χ0v) is 15.0. The van der Waals surface area contributed by atoms with Crippen LogP contribution in [0.15, 0.2) is 58.4 Å². The number of ketones is 1. The van der Waals surface area contributed by atoms with Crippen molar-refractivity contribution in [1.29, 1.82) is 0 Å². The molecule has 8 nitrogen and oxygen atoms in total. The molecule has 0 saturated carbocycles. The van der Waals surface area contributed by atoms with E-state index in [0.29, 0.717) is 16.4 Å². The predicted molar refractivity (Wildman–Crippen MR) is 82.4 cm³/mol. The van der Waals surface area contributed by atoms with E-state index in [1.54, 1.807) is 18.3 Å². The topological polar surface area (TPSA) is 134 Å². The number of anilines is 1. The molecule has 0 fully saturated rings. The van der Waals surface area contributed by atoms with E-state index in [9.17, 15) is 4.79 Å². The van der Waals surface area contributed by atoms with Gasteiger partial charge in [0.2, 0.25) is 5.78 Å². The van der Waals surface area contributed by atoms with E-state index >= 15 is 0 Å². The van der Waals surface area contributed by atoms with Crippen LogP contribution in [0, 0.1) is 0 Å². The summed E-state index contributed by atoms with van der Waals surface area (Å²) in [6.07, 6.45) is 6.08. The molecule has 0 radical (unpaired) electrons. The van der Waals surface area contributed by atoms with Crippen molar-refractivity contribution in [2.75, 3.05) is 5.43 Å². The van der Waals surface area contributed by atoms with Gasteiger partial charge in [0.1, 0.15) is 5.82 Å². The fraction of sp³-hybridized carbons (Fsp3) is 0. The van der Waals surface area contributed by atoms with Gasteiger partial charge in [0.05, 0.1) is 5.03 Å². The van der Waals surface area contributed by atoms with Crippen LogP contribution in [0.5, 0.6) is 0 Å². The smallest absolute Gasteiger partial charge is 0.759 e. The molecule has 2 rings (SSSR count). The summed E-state index contributed by atoms with van der Waals surface area (Å²) in [5.74, 6) is 0.353. The summed E-state index contributed by atoms with van der Waals surface area (Å²) in [6, 6.07) is 5.43. The molecule has 0 unspecified atom stereocenters. The minimum Gasteiger partial charge on any atom is -0.759 e. The molecule has 0 atom stereocenters. The standard InChI is InChI=1S/C12H9Cl2N3O.Fe.H2O4S/c13-9-5-8(12(18)10(14)6-9)7-16-17-11-3-1-2-4-15-11;;1-5(2,3)4/h1-7,16H,(H,15,17);;(H2,1,2,3,4)/q;+2;/p-2/b8-7-;;. The van der Waals surface area contributed by atoms with Gasteiger partial charge < -0.3 is 14.5 Å². The van der Waals surface area contributed by atoms with Gasteiger partial charge in [-0.15, -0.1) is 0 Å². The van der Waals surface area contributed by atoms with Crippen LogP contribution in [-0.2, 0) is 32.3 Å². The van der Waals surface area contributed by atoms with Gasteiger partial charge in [0, 0.05) is 33.4 Å². The third-order valence-corrected chi connectivity index (χ3v) is 2.63. The molecule has 1 heterocycles. The van der Waals surface area contributed by atoms with Crippen LogP contribution in [-0.4, -0.2) is 28.3 Å². The van der Waals surface area contributed by atoms with Crippen molar-refractivity contribution in [3.05, 3.63) is 58.4 Å². The number of halogens is 2. The van der Waals surface area contributed by atoms with Crippen LogP contribution >= 0.6 is 23.2 Å². The van der Waals surface area contributed by atoms with E-state index in [1.807, 2.05) is 6.07 Å². The summed E-state index contributed by atoms with van der Waals surface area (Å²) in [6.45, 7) is 0. The van der Waals surface area contributed by atoms with Crippen molar-refractivity contribution in [2.24, 2.45) is 0 Å². The Kier molecular flexibility index (Phi) is 9.86. The molecule has 0 spiro atoms. The summed E-state index contributed by atoms with van der Waals surface area (Å²) in [7, 11) is -5.17. The van der Waals surface area contributed by atoms with E-state index in [-0.39, 0.29) is 27.9 Å². The number of hydrogen-bond acceptors (Lipinski definition) is 8. The molecule has 1 aromatic heterocycles. The molecular weight excluding hydrogens is 425 g/mol. The third kappa shape index (κ3) is 9.68. The minimum absolute atomic E-state index is 0. The Labute approximate surface area is 158 Å². The fourth-order valence-corrected chi connectivity index (χ4v) is 1.82. The normalized spacial score (nSPS) is 15.3. The number of hydrazine groups is 1. The Bertz CT molecular complexity index is 758. The van der Waals surface area contributed by atoms with Gasteiger partial charge in [-0.1, -0.05) is 29.3 Å². The second-order valence-electron chi connectivity index (χ2n) is 3.84. The maximum atomic E-state index is 11.7. The zero-order chi connectivity index (χ0) is 17.5. The summed E-state index contributed by atoms with van der Waals surface area (Å²) in [5.41, 5.74) is 5.95.